The monoisotopic (exact) mass is 274 g/mol. The van der Waals surface area contributed by atoms with Crippen molar-refractivity contribution in [3.8, 4) is 0 Å². The van der Waals surface area contributed by atoms with Crippen LogP contribution in [0.15, 0.2) is 36.7 Å². The standard InChI is InChI=1S/C14H14N2O4/c17-13(16-7-8-2-1-5-15-6-8)11-9-3-4-10(20-9)12(11)14(18)19/h1-6,9-12H,7H2,(H,16,17)(H,18,19)/t9-,10-,11-,12+/m1/s1. The third-order valence-corrected chi connectivity index (χ3v) is 3.68. The molecule has 0 spiro atoms. The van der Waals surface area contributed by atoms with Crippen LogP contribution < -0.4 is 5.32 Å². The number of nitrogens with one attached hydrogen (secondary N) is 1. The lowest BCUT2D eigenvalue weighted by atomic mass is 9.82. The van der Waals surface area contributed by atoms with Crippen molar-refractivity contribution >= 4 is 11.9 Å². The Morgan fingerprint density at radius 1 is 1.30 bits per heavy atom. The molecular formula is C14H14N2O4. The second kappa shape index (κ2) is 5.05. The molecule has 0 aromatic carbocycles. The number of pyridine rings is 1. The average Bonchev–Trinajstić information content (AvgIpc) is 3.06. The normalized spacial score (nSPS) is 30.4. The van der Waals surface area contributed by atoms with Crippen molar-refractivity contribution in [1.82, 2.24) is 10.3 Å². The first-order valence-electron chi connectivity index (χ1n) is 6.40. The van der Waals surface area contributed by atoms with Gasteiger partial charge in [-0.05, 0) is 11.6 Å². The van der Waals surface area contributed by atoms with Crippen LogP contribution in [-0.2, 0) is 20.9 Å². The number of fused-ring (bicyclic) bond motifs is 2. The summed E-state index contributed by atoms with van der Waals surface area (Å²) in [4.78, 5) is 27.5. The Bertz CT molecular complexity index is 558. The number of amides is 1. The number of nitrogens with zero attached hydrogens (tertiary/aromatic N) is 1. The van der Waals surface area contributed by atoms with Gasteiger partial charge < -0.3 is 15.2 Å². The van der Waals surface area contributed by atoms with Crippen LogP contribution in [0, 0.1) is 11.8 Å². The molecule has 2 N–H and O–H groups in total. The van der Waals surface area contributed by atoms with E-state index in [2.05, 4.69) is 10.3 Å². The molecule has 0 aliphatic carbocycles. The highest BCUT2D eigenvalue weighted by Crippen LogP contribution is 2.39. The van der Waals surface area contributed by atoms with Crippen LogP contribution in [0.1, 0.15) is 5.56 Å². The zero-order valence-electron chi connectivity index (χ0n) is 10.6. The fourth-order valence-corrected chi connectivity index (χ4v) is 2.72. The minimum absolute atomic E-state index is 0.293. The Morgan fingerprint density at radius 2 is 2.05 bits per heavy atom. The number of carbonyl (C=O) groups is 2. The quantitative estimate of drug-likeness (QED) is 0.773. The van der Waals surface area contributed by atoms with Gasteiger partial charge in [0.2, 0.25) is 5.91 Å². The molecule has 2 aliphatic rings. The van der Waals surface area contributed by atoms with Crippen LogP contribution in [0.4, 0.5) is 0 Å². The molecule has 3 heterocycles. The minimum atomic E-state index is -0.997. The third kappa shape index (κ3) is 2.18. The summed E-state index contributed by atoms with van der Waals surface area (Å²) in [6, 6.07) is 3.63. The lowest BCUT2D eigenvalue weighted by molar-refractivity contribution is -0.146. The van der Waals surface area contributed by atoms with E-state index in [-0.39, 0.29) is 5.91 Å². The third-order valence-electron chi connectivity index (χ3n) is 3.68. The van der Waals surface area contributed by atoms with Crippen molar-refractivity contribution < 1.29 is 19.4 Å². The van der Waals surface area contributed by atoms with E-state index >= 15 is 0 Å². The number of ether oxygens (including phenoxy) is 1. The van der Waals surface area contributed by atoms with Crippen LogP contribution in [0.3, 0.4) is 0 Å². The van der Waals surface area contributed by atoms with E-state index in [9.17, 15) is 14.7 Å². The first-order valence-corrected chi connectivity index (χ1v) is 6.40. The van der Waals surface area contributed by atoms with E-state index < -0.39 is 30.0 Å². The fourth-order valence-electron chi connectivity index (χ4n) is 2.72. The van der Waals surface area contributed by atoms with Gasteiger partial charge in [0.05, 0.1) is 18.1 Å². The van der Waals surface area contributed by atoms with E-state index in [0.717, 1.165) is 5.56 Å². The highest BCUT2D eigenvalue weighted by Gasteiger charge is 2.53. The predicted octanol–water partition coefficient (Wildman–Crippen LogP) is 0.352. The summed E-state index contributed by atoms with van der Waals surface area (Å²) in [5.41, 5.74) is 0.868. The Hall–Kier alpha value is -2.21. The highest BCUT2D eigenvalue weighted by molar-refractivity contribution is 5.87. The van der Waals surface area contributed by atoms with E-state index in [4.69, 9.17) is 4.74 Å². The summed E-state index contributed by atoms with van der Waals surface area (Å²) < 4.78 is 5.47. The van der Waals surface area contributed by atoms with Crippen molar-refractivity contribution in [2.75, 3.05) is 0 Å². The largest absolute Gasteiger partial charge is 0.481 e. The molecule has 0 saturated carbocycles. The first kappa shape index (κ1) is 12.8. The summed E-state index contributed by atoms with van der Waals surface area (Å²) in [7, 11) is 0. The molecule has 20 heavy (non-hydrogen) atoms. The molecule has 2 aliphatic heterocycles. The molecule has 1 aromatic heterocycles. The van der Waals surface area contributed by atoms with Crippen LogP contribution in [-0.4, -0.2) is 34.2 Å². The van der Waals surface area contributed by atoms with Gasteiger partial charge in [0.15, 0.2) is 0 Å². The topological polar surface area (TPSA) is 88.5 Å². The molecule has 3 rings (SSSR count). The van der Waals surface area contributed by atoms with Gasteiger partial charge in [-0.15, -0.1) is 0 Å². The zero-order chi connectivity index (χ0) is 14.1. The van der Waals surface area contributed by atoms with Crippen LogP contribution in [0.25, 0.3) is 0 Å². The van der Waals surface area contributed by atoms with E-state index in [0.29, 0.717) is 6.54 Å². The van der Waals surface area contributed by atoms with Crippen LogP contribution >= 0.6 is 0 Å². The zero-order valence-corrected chi connectivity index (χ0v) is 10.6. The van der Waals surface area contributed by atoms with Gasteiger partial charge >= 0.3 is 5.97 Å². The second-order valence-corrected chi connectivity index (χ2v) is 4.92. The van der Waals surface area contributed by atoms with Gasteiger partial charge in [-0.3, -0.25) is 14.6 Å². The lowest BCUT2D eigenvalue weighted by Gasteiger charge is -2.20. The van der Waals surface area contributed by atoms with E-state index in [1.54, 1.807) is 30.6 Å². The molecule has 2 bridgehead atoms. The number of hydrogen-bond acceptors (Lipinski definition) is 4. The maximum atomic E-state index is 12.2. The number of carboxylic acid groups (broad SMARTS) is 1. The summed E-state index contributed by atoms with van der Waals surface area (Å²) >= 11 is 0. The number of hydrogen-bond donors (Lipinski definition) is 2. The molecule has 6 nitrogen and oxygen atoms in total. The molecule has 0 unspecified atom stereocenters. The maximum absolute atomic E-state index is 12.2. The van der Waals surface area contributed by atoms with Crippen molar-refractivity contribution in [2.45, 2.75) is 18.8 Å². The SMILES string of the molecule is O=C(O)[C@@H]1[C@H](C(=O)NCc2cccnc2)[C@H]2C=C[C@H]1O2. The van der Waals surface area contributed by atoms with E-state index in [1.165, 1.54) is 0 Å². The molecule has 104 valence electrons. The van der Waals surface area contributed by atoms with Gasteiger partial charge in [0, 0.05) is 18.9 Å². The Balaban J connectivity index is 1.68. The molecule has 0 radical (unpaired) electrons. The average molecular weight is 274 g/mol. The number of carboxylic acids is 1. The molecule has 1 fully saturated rings. The van der Waals surface area contributed by atoms with Gasteiger partial charge in [-0.25, -0.2) is 0 Å². The minimum Gasteiger partial charge on any atom is -0.481 e. The maximum Gasteiger partial charge on any atom is 0.310 e. The highest BCUT2D eigenvalue weighted by atomic mass is 16.5. The molecule has 1 saturated heterocycles. The van der Waals surface area contributed by atoms with Crippen molar-refractivity contribution in [3.63, 3.8) is 0 Å². The Kier molecular flexibility index (Phi) is 3.23. The smallest absolute Gasteiger partial charge is 0.310 e. The van der Waals surface area contributed by atoms with E-state index in [1.807, 2.05) is 6.07 Å². The first-order chi connectivity index (χ1) is 9.66. The lowest BCUT2D eigenvalue weighted by Crippen LogP contribution is -2.42. The number of aromatic nitrogens is 1. The molecule has 1 amide bonds. The number of rotatable bonds is 4. The summed E-state index contributed by atoms with van der Waals surface area (Å²) in [5.74, 6) is -2.76. The molecular weight excluding hydrogens is 260 g/mol. The molecule has 1 aromatic rings. The second-order valence-electron chi connectivity index (χ2n) is 4.92. The number of aliphatic carboxylic acids is 1. The van der Waals surface area contributed by atoms with Crippen molar-refractivity contribution in [3.05, 3.63) is 42.2 Å². The predicted molar refractivity (Wildman–Crippen MR) is 68.5 cm³/mol. The van der Waals surface area contributed by atoms with Gasteiger partial charge in [0.1, 0.15) is 5.92 Å². The number of carbonyl (C=O) groups excluding carboxylic acids is 1. The van der Waals surface area contributed by atoms with Gasteiger partial charge in [-0.1, -0.05) is 18.2 Å². The van der Waals surface area contributed by atoms with Gasteiger partial charge in [0.25, 0.3) is 0 Å². The summed E-state index contributed by atoms with van der Waals surface area (Å²) in [5, 5.41) is 12.0. The Morgan fingerprint density at radius 3 is 2.70 bits per heavy atom. The van der Waals surface area contributed by atoms with Crippen LogP contribution in [0.5, 0.6) is 0 Å². The Labute approximate surface area is 115 Å². The van der Waals surface area contributed by atoms with Gasteiger partial charge in [-0.2, -0.15) is 0 Å². The van der Waals surface area contributed by atoms with Crippen molar-refractivity contribution in [2.24, 2.45) is 11.8 Å². The molecule has 6 heteroatoms. The fraction of sp³-hybridized carbons (Fsp3) is 0.357. The summed E-state index contributed by atoms with van der Waals surface area (Å²) in [6.45, 7) is 0.330. The molecule has 4 atom stereocenters. The van der Waals surface area contributed by atoms with Crippen molar-refractivity contribution in [1.29, 1.82) is 0 Å². The van der Waals surface area contributed by atoms with Crippen LogP contribution in [0.2, 0.25) is 0 Å². The summed E-state index contributed by atoms with van der Waals surface area (Å²) in [6.07, 6.45) is 5.86.